The molecule has 8 heteroatoms. The molecule has 4 atom stereocenters. The van der Waals surface area contributed by atoms with Crippen molar-refractivity contribution in [2.75, 3.05) is 5.32 Å². The predicted octanol–water partition coefficient (Wildman–Crippen LogP) is 6.17. The van der Waals surface area contributed by atoms with Gasteiger partial charge in [0.15, 0.2) is 0 Å². The Balaban J connectivity index is 1.64. The van der Waals surface area contributed by atoms with Gasteiger partial charge in [0.25, 0.3) is 5.91 Å². The van der Waals surface area contributed by atoms with Crippen molar-refractivity contribution in [3.8, 4) is 5.75 Å². The molecule has 4 rings (SSSR count). The highest BCUT2D eigenvalue weighted by molar-refractivity contribution is 6.08. The van der Waals surface area contributed by atoms with Gasteiger partial charge in [-0.25, -0.2) is 9.59 Å². The molecule has 1 saturated heterocycles. The second-order valence-corrected chi connectivity index (χ2v) is 10.8. The number of rotatable bonds is 8. The zero-order valence-electron chi connectivity index (χ0n) is 21.7. The molecule has 198 valence electrons. The van der Waals surface area contributed by atoms with E-state index in [4.69, 9.17) is 9.47 Å². The van der Waals surface area contributed by atoms with E-state index in [1.807, 2.05) is 0 Å². The highest BCUT2D eigenvalue weighted by Crippen LogP contribution is 2.52. The van der Waals surface area contributed by atoms with E-state index in [-0.39, 0.29) is 40.5 Å². The van der Waals surface area contributed by atoms with Crippen molar-refractivity contribution in [2.24, 2.45) is 11.8 Å². The normalized spacial score (nSPS) is 24.5. The van der Waals surface area contributed by atoms with Crippen LogP contribution in [0.2, 0.25) is 0 Å². The Morgan fingerprint density at radius 3 is 2.46 bits per heavy atom. The Labute approximate surface area is 217 Å². The predicted molar refractivity (Wildman–Crippen MR) is 138 cm³/mol. The van der Waals surface area contributed by atoms with Crippen LogP contribution in [0.3, 0.4) is 0 Å². The van der Waals surface area contributed by atoms with Gasteiger partial charge in [0.2, 0.25) is 0 Å². The average Bonchev–Trinajstić information content (AvgIpc) is 2.83. The minimum atomic E-state index is -1.27. The molecule has 2 aliphatic rings. The van der Waals surface area contributed by atoms with Gasteiger partial charge in [-0.2, -0.15) is 0 Å². The van der Waals surface area contributed by atoms with Crippen LogP contribution in [0.1, 0.15) is 103 Å². The highest BCUT2D eigenvalue weighted by atomic mass is 16.5. The number of hydrogen-bond donors (Lipinski definition) is 3. The first-order valence-electron chi connectivity index (χ1n) is 12.9. The van der Waals surface area contributed by atoms with Crippen LogP contribution in [0, 0.1) is 11.8 Å². The molecule has 0 unspecified atom stereocenters. The summed E-state index contributed by atoms with van der Waals surface area (Å²) in [6.45, 7) is 8.66. The lowest BCUT2D eigenvalue weighted by molar-refractivity contribution is -0.152. The van der Waals surface area contributed by atoms with Crippen molar-refractivity contribution >= 4 is 23.5 Å². The van der Waals surface area contributed by atoms with Crippen molar-refractivity contribution in [2.45, 2.75) is 77.6 Å². The number of carbonyl (C=O) groups excluding carboxylic acids is 1. The molecule has 0 saturated carbocycles. The van der Waals surface area contributed by atoms with Gasteiger partial charge in [-0.1, -0.05) is 20.3 Å². The molecular weight excluding hydrogens is 474 g/mol. The maximum absolute atomic E-state index is 13.2. The Morgan fingerprint density at radius 2 is 1.78 bits per heavy atom. The molecule has 1 fully saturated rings. The third kappa shape index (κ3) is 5.64. The molecule has 0 aromatic heterocycles. The number of aromatic carboxylic acids is 2. The fourth-order valence-electron chi connectivity index (χ4n) is 5.49. The lowest BCUT2D eigenvalue weighted by Gasteiger charge is -2.50. The number of anilines is 1. The standard InChI is InChI=1S/C29H35NO7/c1-16(2)6-5-13-29(4)22-11-7-17(3)36-25(22)21-14-18(9-12-24(21)37-29)26(31)30-23-15-19(27(32)33)8-10-20(23)28(34)35/h8-10,12,14-17,22,25H,5-7,11,13H2,1-4H3,(H,30,31)(H,32,33)(H,34,35)/t17-,22-,25+,29+/m1/s1. The third-order valence-electron chi connectivity index (χ3n) is 7.53. The Kier molecular flexibility index (Phi) is 7.59. The van der Waals surface area contributed by atoms with E-state index in [0.717, 1.165) is 43.7 Å². The molecule has 0 spiro atoms. The van der Waals surface area contributed by atoms with Crippen molar-refractivity contribution in [1.82, 2.24) is 0 Å². The SMILES string of the molecule is CC(C)CCC[C@]1(C)Oc2ccc(C(=O)Nc3cc(C(=O)O)ccc3C(=O)O)cc2[C@@H]2O[C@H](C)CC[C@H]21. The number of fused-ring (bicyclic) bond motifs is 3. The van der Waals surface area contributed by atoms with Crippen LogP contribution in [0.25, 0.3) is 0 Å². The van der Waals surface area contributed by atoms with E-state index in [9.17, 15) is 24.6 Å². The number of amides is 1. The minimum Gasteiger partial charge on any atom is -0.487 e. The van der Waals surface area contributed by atoms with Crippen molar-refractivity contribution < 1.29 is 34.1 Å². The number of nitrogens with one attached hydrogen (secondary N) is 1. The molecule has 2 aliphatic heterocycles. The van der Waals surface area contributed by atoms with Crippen LogP contribution in [0.5, 0.6) is 5.75 Å². The van der Waals surface area contributed by atoms with Crippen LogP contribution in [-0.4, -0.2) is 39.8 Å². The smallest absolute Gasteiger partial charge is 0.337 e. The number of ether oxygens (including phenoxy) is 2. The van der Waals surface area contributed by atoms with Gasteiger partial charge in [-0.3, -0.25) is 4.79 Å². The minimum absolute atomic E-state index is 0.0792. The summed E-state index contributed by atoms with van der Waals surface area (Å²) in [5, 5.41) is 21.4. The summed E-state index contributed by atoms with van der Waals surface area (Å²) >= 11 is 0. The first-order valence-corrected chi connectivity index (χ1v) is 12.9. The van der Waals surface area contributed by atoms with Crippen molar-refractivity contribution in [1.29, 1.82) is 0 Å². The average molecular weight is 510 g/mol. The molecule has 0 aliphatic carbocycles. The Bertz CT molecular complexity index is 1210. The zero-order chi connectivity index (χ0) is 26.9. The molecule has 0 radical (unpaired) electrons. The highest BCUT2D eigenvalue weighted by Gasteiger charge is 2.49. The van der Waals surface area contributed by atoms with Gasteiger partial charge in [0.05, 0.1) is 29.0 Å². The van der Waals surface area contributed by atoms with E-state index in [1.165, 1.54) is 12.1 Å². The summed E-state index contributed by atoms with van der Waals surface area (Å²) in [7, 11) is 0. The van der Waals surface area contributed by atoms with Crippen molar-refractivity contribution in [3.63, 3.8) is 0 Å². The molecule has 0 bridgehead atoms. The molecule has 37 heavy (non-hydrogen) atoms. The van der Waals surface area contributed by atoms with Gasteiger partial charge in [0, 0.05) is 17.0 Å². The van der Waals surface area contributed by atoms with Gasteiger partial charge in [-0.15, -0.1) is 0 Å². The number of carboxylic acids is 2. The van der Waals surface area contributed by atoms with Gasteiger partial charge >= 0.3 is 11.9 Å². The van der Waals surface area contributed by atoms with Gasteiger partial charge in [-0.05, 0) is 81.8 Å². The first kappa shape index (κ1) is 26.7. The topological polar surface area (TPSA) is 122 Å². The fraction of sp³-hybridized carbons (Fsp3) is 0.483. The number of benzene rings is 2. The van der Waals surface area contributed by atoms with E-state index >= 15 is 0 Å². The second kappa shape index (κ2) is 10.5. The fourth-order valence-corrected chi connectivity index (χ4v) is 5.49. The number of carboxylic acid groups (broad SMARTS) is 2. The molecule has 2 aromatic carbocycles. The lowest BCUT2D eigenvalue weighted by atomic mass is 9.72. The molecule has 3 N–H and O–H groups in total. The summed E-state index contributed by atoms with van der Waals surface area (Å²) in [4.78, 5) is 36.2. The monoisotopic (exact) mass is 509 g/mol. The summed E-state index contributed by atoms with van der Waals surface area (Å²) in [5.41, 5.74) is 0.352. The summed E-state index contributed by atoms with van der Waals surface area (Å²) in [6, 6.07) is 8.67. The maximum atomic E-state index is 13.2. The van der Waals surface area contributed by atoms with E-state index in [2.05, 4.69) is 33.0 Å². The second-order valence-electron chi connectivity index (χ2n) is 10.8. The van der Waals surface area contributed by atoms with Gasteiger partial charge in [0.1, 0.15) is 11.4 Å². The van der Waals surface area contributed by atoms with Crippen LogP contribution in [0.15, 0.2) is 36.4 Å². The molecule has 8 nitrogen and oxygen atoms in total. The quantitative estimate of drug-likeness (QED) is 0.389. The maximum Gasteiger partial charge on any atom is 0.337 e. The van der Waals surface area contributed by atoms with E-state index < -0.39 is 17.8 Å². The van der Waals surface area contributed by atoms with Crippen LogP contribution in [0.4, 0.5) is 5.69 Å². The zero-order valence-corrected chi connectivity index (χ0v) is 21.7. The van der Waals surface area contributed by atoms with E-state index in [1.54, 1.807) is 18.2 Å². The Morgan fingerprint density at radius 1 is 1.05 bits per heavy atom. The van der Waals surface area contributed by atoms with Crippen molar-refractivity contribution in [3.05, 3.63) is 58.7 Å². The third-order valence-corrected chi connectivity index (χ3v) is 7.53. The number of carbonyl (C=O) groups is 3. The van der Waals surface area contributed by atoms with Crippen LogP contribution in [-0.2, 0) is 4.74 Å². The molecule has 2 aromatic rings. The Hall–Kier alpha value is -3.39. The summed E-state index contributed by atoms with van der Waals surface area (Å²) in [5.74, 6) is -1.57. The molecule has 2 heterocycles. The van der Waals surface area contributed by atoms with Crippen LogP contribution < -0.4 is 10.1 Å². The molecule has 1 amide bonds. The van der Waals surface area contributed by atoms with Gasteiger partial charge < -0.3 is 25.0 Å². The largest absolute Gasteiger partial charge is 0.487 e. The summed E-state index contributed by atoms with van der Waals surface area (Å²) < 4.78 is 13.0. The lowest BCUT2D eigenvalue weighted by Crippen LogP contribution is -2.50. The number of hydrogen-bond acceptors (Lipinski definition) is 5. The molecular formula is C29H35NO7. The van der Waals surface area contributed by atoms with Crippen LogP contribution >= 0.6 is 0 Å². The first-order chi connectivity index (χ1) is 17.5. The summed E-state index contributed by atoms with van der Waals surface area (Å²) in [6.07, 6.45) is 4.88. The van der Waals surface area contributed by atoms with E-state index in [0.29, 0.717) is 17.2 Å².